The molecular formula is C10H16O2. The van der Waals surface area contributed by atoms with Gasteiger partial charge in [0.05, 0.1) is 5.76 Å². The van der Waals surface area contributed by atoms with Crippen molar-refractivity contribution in [3.8, 4) is 0 Å². The van der Waals surface area contributed by atoms with Crippen molar-refractivity contribution in [1.29, 1.82) is 0 Å². The number of fused-ring (bicyclic) bond motifs is 2. The summed E-state index contributed by atoms with van der Waals surface area (Å²) >= 11 is 0. The largest absolute Gasteiger partial charge is 0.513 e. The molecule has 4 atom stereocenters. The maximum absolute atomic E-state index is 9.37. The fraction of sp³-hybridized carbons (Fsp3) is 0.800. The molecule has 0 radical (unpaired) electrons. The van der Waals surface area contributed by atoms with E-state index in [-0.39, 0.29) is 12.5 Å². The lowest BCUT2D eigenvalue weighted by Crippen LogP contribution is -2.26. The Morgan fingerprint density at radius 2 is 2.00 bits per heavy atom. The quantitative estimate of drug-likeness (QED) is 0.616. The van der Waals surface area contributed by atoms with Gasteiger partial charge >= 0.3 is 0 Å². The maximum Gasteiger partial charge on any atom is 0.0888 e. The van der Waals surface area contributed by atoms with Crippen LogP contribution in [0.1, 0.15) is 19.3 Å². The molecule has 0 aliphatic heterocycles. The third-order valence-corrected chi connectivity index (χ3v) is 3.68. The van der Waals surface area contributed by atoms with Crippen molar-refractivity contribution in [1.82, 2.24) is 0 Å². The van der Waals surface area contributed by atoms with Crippen molar-refractivity contribution in [2.24, 2.45) is 23.7 Å². The van der Waals surface area contributed by atoms with Crippen LogP contribution in [0.3, 0.4) is 0 Å². The van der Waals surface area contributed by atoms with Crippen LogP contribution in [-0.4, -0.2) is 16.8 Å². The molecule has 2 heteroatoms. The van der Waals surface area contributed by atoms with Crippen molar-refractivity contribution < 1.29 is 10.2 Å². The number of aliphatic hydroxyl groups excluding tert-OH is 2. The fourth-order valence-electron chi connectivity index (χ4n) is 3.19. The van der Waals surface area contributed by atoms with Crippen LogP contribution in [0.25, 0.3) is 0 Å². The zero-order valence-electron chi connectivity index (χ0n) is 7.24. The number of rotatable bonds is 2. The Morgan fingerprint density at radius 1 is 1.33 bits per heavy atom. The first-order chi connectivity index (χ1) is 5.74. The standard InChI is InChI=1S/C10H16O2/c1-6(12)10-8-3-2-7(4-8)9(10)5-11/h7-12H,1-5H2. The predicted octanol–water partition coefficient (Wildman–Crippen LogP) is 1.71. The summed E-state index contributed by atoms with van der Waals surface area (Å²) in [6.45, 7) is 3.81. The molecule has 0 amide bonds. The Bertz CT molecular complexity index is 200. The molecule has 0 heterocycles. The fourth-order valence-corrected chi connectivity index (χ4v) is 3.19. The van der Waals surface area contributed by atoms with E-state index >= 15 is 0 Å². The van der Waals surface area contributed by atoms with Gasteiger partial charge in [0.25, 0.3) is 0 Å². The molecule has 68 valence electrons. The van der Waals surface area contributed by atoms with E-state index < -0.39 is 0 Å². The van der Waals surface area contributed by atoms with Crippen LogP contribution in [0.5, 0.6) is 0 Å². The van der Waals surface area contributed by atoms with E-state index in [0.717, 1.165) is 0 Å². The second-order valence-electron chi connectivity index (χ2n) is 4.20. The van der Waals surface area contributed by atoms with Crippen molar-refractivity contribution in [3.05, 3.63) is 12.3 Å². The lowest BCUT2D eigenvalue weighted by atomic mass is 9.79. The first-order valence-electron chi connectivity index (χ1n) is 4.72. The highest BCUT2D eigenvalue weighted by Crippen LogP contribution is 2.53. The molecule has 12 heavy (non-hydrogen) atoms. The molecule has 2 fully saturated rings. The molecule has 0 saturated heterocycles. The summed E-state index contributed by atoms with van der Waals surface area (Å²) in [4.78, 5) is 0. The molecule has 0 aromatic rings. The second-order valence-corrected chi connectivity index (χ2v) is 4.20. The summed E-state index contributed by atoms with van der Waals surface area (Å²) in [6.07, 6.45) is 3.64. The Balaban J connectivity index is 2.16. The molecule has 2 N–H and O–H groups in total. The lowest BCUT2D eigenvalue weighted by molar-refractivity contribution is 0.117. The summed E-state index contributed by atoms with van der Waals surface area (Å²) in [6, 6.07) is 0. The highest BCUT2D eigenvalue weighted by atomic mass is 16.3. The van der Waals surface area contributed by atoms with E-state index in [1.54, 1.807) is 0 Å². The summed E-state index contributed by atoms with van der Waals surface area (Å²) in [5, 5.41) is 18.5. The normalized spacial score (nSPS) is 45.1. The minimum Gasteiger partial charge on any atom is -0.513 e. The van der Waals surface area contributed by atoms with E-state index in [4.69, 9.17) is 5.11 Å². The Morgan fingerprint density at radius 3 is 2.50 bits per heavy atom. The maximum atomic E-state index is 9.37. The van der Waals surface area contributed by atoms with Gasteiger partial charge in [0.1, 0.15) is 0 Å². The molecular weight excluding hydrogens is 152 g/mol. The highest BCUT2D eigenvalue weighted by Gasteiger charge is 2.48. The van der Waals surface area contributed by atoms with Gasteiger partial charge in [0.2, 0.25) is 0 Å². The van der Waals surface area contributed by atoms with Gasteiger partial charge in [-0.25, -0.2) is 0 Å². The summed E-state index contributed by atoms with van der Waals surface area (Å²) < 4.78 is 0. The van der Waals surface area contributed by atoms with Crippen LogP contribution in [0.4, 0.5) is 0 Å². The smallest absolute Gasteiger partial charge is 0.0888 e. The van der Waals surface area contributed by atoms with Gasteiger partial charge in [-0.1, -0.05) is 6.58 Å². The first-order valence-corrected chi connectivity index (χ1v) is 4.72. The molecule has 2 rings (SSSR count). The van der Waals surface area contributed by atoms with Gasteiger partial charge in [-0.15, -0.1) is 0 Å². The van der Waals surface area contributed by atoms with Crippen molar-refractivity contribution in [2.45, 2.75) is 19.3 Å². The third kappa shape index (κ3) is 0.977. The summed E-state index contributed by atoms with van der Waals surface area (Å²) in [7, 11) is 0. The summed E-state index contributed by atoms with van der Waals surface area (Å²) in [5.41, 5.74) is 0. The minimum atomic E-state index is 0.189. The van der Waals surface area contributed by atoms with Crippen molar-refractivity contribution in [3.63, 3.8) is 0 Å². The topological polar surface area (TPSA) is 40.5 Å². The molecule has 2 aliphatic carbocycles. The van der Waals surface area contributed by atoms with E-state index in [1.807, 2.05) is 0 Å². The monoisotopic (exact) mass is 168 g/mol. The number of hydrogen-bond acceptors (Lipinski definition) is 2. The van der Waals surface area contributed by atoms with E-state index in [2.05, 4.69) is 6.58 Å². The van der Waals surface area contributed by atoms with E-state index in [1.165, 1.54) is 19.3 Å². The van der Waals surface area contributed by atoms with Gasteiger partial charge in [-0.2, -0.15) is 0 Å². The molecule has 4 unspecified atom stereocenters. The molecule has 2 nitrogen and oxygen atoms in total. The van der Waals surface area contributed by atoms with Gasteiger partial charge in [0, 0.05) is 12.5 Å². The lowest BCUT2D eigenvalue weighted by Gasteiger charge is -2.28. The summed E-state index contributed by atoms with van der Waals surface area (Å²) in [5.74, 6) is 2.02. The molecule has 2 aliphatic rings. The van der Waals surface area contributed by atoms with Gasteiger partial charge in [-0.05, 0) is 37.0 Å². The predicted molar refractivity (Wildman–Crippen MR) is 46.7 cm³/mol. The van der Waals surface area contributed by atoms with Crippen LogP contribution < -0.4 is 0 Å². The highest BCUT2D eigenvalue weighted by molar-refractivity contribution is 5.06. The second kappa shape index (κ2) is 2.77. The van der Waals surface area contributed by atoms with Gasteiger partial charge in [-0.3, -0.25) is 0 Å². The van der Waals surface area contributed by atoms with Crippen molar-refractivity contribution in [2.75, 3.05) is 6.61 Å². The van der Waals surface area contributed by atoms with Crippen molar-refractivity contribution >= 4 is 0 Å². The third-order valence-electron chi connectivity index (χ3n) is 3.68. The van der Waals surface area contributed by atoms with Crippen LogP contribution in [-0.2, 0) is 0 Å². The number of hydrogen-bond donors (Lipinski definition) is 2. The Kier molecular flexibility index (Phi) is 1.87. The van der Waals surface area contributed by atoms with Crippen LogP contribution in [0.15, 0.2) is 12.3 Å². The van der Waals surface area contributed by atoms with Gasteiger partial charge < -0.3 is 10.2 Å². The molecule has 2 bridgehead atoms. The first kappa shape index (κ1) is 8.11. The zero-order chi connectivity index (χ0) is 8.72. The van der Waals surface area contributed by atoms with Crippen LogP contribution in [0, 0.1) is 23.7 Å². The number of allylic oxidation sites excluding steroid dienone is 1. The molecule has 2 saturated carbocycles. The van der Waals surface area contributed by atoms with E-state index in [0.29, 0.717) is 23.5 Å². The Hall–Kier alpha value is -0.500. The zero-order valence-corrected chi connectivity index (χ0v) is 7.24. The Labute approximate surface area is 72.9 Å². The van der Waals surface area contributed by atoms with Gasteiger partial charge in [0.15, 0.2) is 0 Å². The van der Waals surface area contributed by atoms with E-state index in [9.17, 15) is 5.11 Å². The minimum absolute atomic E-state index is 0.189. The van der Waals surface area contributed by atoms with Crippen LogP contribution in [0.2, 0.25) is 0 Å². The number of aliphatic hydroxyl groups is 2. The molecule has 0 aromatic heterocycles. The van der Waals surface area contributed by atoms with Crippen LogP contribution >= 0.6 is 0 Å². The average Bonchev–Trinajstić information content (AvgIpc) is 2.60. The average molecular weight is 168 g/mol. The molecule has 0 spiro atoms. The molecule has 0 aromatic carbocycles. The SMILES string of the molecule is C=C(O)C1C2CCC(C2)C1CO.